The Morgan fingerprint density at radius 3 is 2.28 bits per heavy atom. The van der Waals surface area contributed by atoms with Gasteiger partial charge in [0, 0.05) is 0 Å². The highest BCUT2D eigenvalue weighted by molar-refractivity contribution is 5.33. The van der Waals surface area contributed by atoms with Gasteiger partial charge in [-0.3, -0.25) is 0 Å². The summed E-state index contributed by atoms with van der Waals surface area (Å²) in [5.41, 5.74) is 10.4. The van der Waals surface area contributed by atoms with Crippen LogP contribution in [0.25, 0.3) is 0 Å². The van der Waals surface area contributed by atoms with Crippen LogP contribution in [0.2, 0.25) is 0 Å². The van der Waals surface area contributed by atoms with E-state index >= 15 is 0 Å². The van der Waals surface area contributed by atoms with E-state index in [0.29, 0.717) is 5.92 Å². The van der Waals surface area contributed by atoms with E-state index in [1.54, 1.807) is 0 Å². The van der Waals surface area contributed by atoms with E-state index in [9.17, 15) is 0 Å². The molecule has 0 radical (unpaired) electrons. The van der Waals surface area contributed by atoms with Gasteiger partial charge < -0.3 is 10.2 Å². The molecule has 0 amide bonds. The Labute approximate surface area is 108 Å². The number of hydrogen-bond donors (Lipinski definition) is 1. The molecule has 94 valence electrons. The first-order chi connectivity index (χ1) is 8.65. The van der Waals surface area contributed by atoms with Gasteiger partial charge in [0.05, 0.1) is 6.04 Å². The fourth-order valence-corrected chi connectivity index (χ4v) is 2.85. The van der Waals surface area contributed by atoms with Gasteiger partial charge in [-0.05, 0) is 55.4 Å². The van der Waals surface area contributed by atoms with Gasteiger partial charge in [-0.15, -0.1) is 0 Å². The second kappa shape index (κ2) is 4.29. The third-order valence-electron chi connectivity index (χ3n) is 4.10. The summed E-state index contributed by atoms with van der Waals surface area (Å²) in [4.78, 5) is 0. The van der Waals surface area contributed by atoms with Crippen molar-refractivity contribution in [3.8, 4) is 0 Å². The van der Waals surface area contributed by atoms with Gasteiger partial charge in [-0.25, -0.2) is 0 Å². The second-order valence-electron chi connectivity index (χ2n) is 5.35. The molecule has 3 rings (SSSR count). The summed E-state index contributed by atoms with van der Waals surface area (Å²) in [6.07, 6.45) is 2.13. The molecule has 1 atom stereocenters. The minimum atomic E-state index is 0.00444. The van der Waals surface area contributed by atoms with Crippen LogP contribution in [0.5, 0.6) is 0 Å². The zero-order chi connectivity index (χ0) is 12.7. The maximum atomic E-state index is 6.37. The Morgan fingerprint density at radius 1 is 1.17 bits per heavy atom. The largest absolute Gasteiger partial charge is 0.464 e. The molecule has 0 saturated heterocycles. The molecule has 1 aromatic carbocycles. The molecule has 1 aromatic heterocycles. The highest BCUT2D eigenvalue weighted by Crippen LogP contribution is 2.34. The highest BCUT2D eigenvalue weighted by Gasteiger charge is 2.29. The number of benzene rings is 1. The Hall–Kier alpha value is -1.54. The fourth-order valence-electron chi connectivity index (χ4n) is 2.85. The summed E-state index contributed by atoms with van der Waals surface area (Å²) in [5.74, 6) is 2.38. The summed E-state index contributed by atoms with van der Waals surface area (Å²) in [6, 6.07) is 10.7. The van der Waals surface area contributed by atoms with Crippen LogP contribution >= 0.6 is 0 Å². The lowest BCUT2D eigenvalue weighted by Crippen LogP contribution is -2.21. The first-order valence-electron chi connectivity index (χ1n) is 6.54. The fraction of sp³-hybridized carbons (Fsp3) is 0.375. The van der Waals surface area contributed by atoms with E-state index < -0.39 is 0 Å². The molecule has 0 fully saturated rings. The lowest BCUT2D eigenvalue weighted by molar-refractivity contribution is 0.365. The normalized spacial score (nSPS) is 16.8. The lowest BCUT2D eigenvalue weighted by Gasteiger charge is -2.16. The van der Waals surface area contributed by atoms with Gasteiger partial charge in [-0.2, -0.15) is 0 Å². The van der Waals surface area contributed by atoms with Crippen molar-refractivity contribution < 1.29 is 4.42 Å². The van der Waals surface area contributed by atoms with Gasteiger partial charge in [0.1, 0.15) is 11.5 Å². The van der Waals surface area contributed by atoms with Crippen molar-refractivity contribution in [3.63, 3.8) is 0 Å². The van der Waals surface area contributed by atoms with Gasteiger partial charge in [-0.1, -0.05) is 24.3 Å². The van der Waals surface area contributed by atoms with Crippen molar-refractivity contribution in [1.29, 1.82) is 0 Å². The topological polar surface area (TPSA) is 39.2 Å². The van der Waals surface area contributed by atoms with Crippen LogP contribution in [-0.4, -0.2) is 0 Å². The van der Waals surface area contributed by atoms with Crippen LogP contribution in [0.4, 0.5) is 0 Å². The summed E-state index contributed by atoms with van der Waals surface area (Å²) >= 11 is 0. The van der Waals surface area contributed by atoms with Crippen molar-refractivity contribution in [2.24, 2.45) is 11.7 Å². The quantitative estimate of drug-likeness (QED) is 0.876. The first-order valence-corrected chi connectivity index (χ1v) is 6.54. The van der Waals surface area contributed by atoms with E-state index in [-0.39, 0.29) is 6.04 Å². The standard InChI is InChI=1S/C16H19NO/c1-10-7-15(18-11(10)2)16(17)14-8-12-5-3-4-6-13(12)9-14/h3-7,14,16H,8-9,17H2,1-2H3. The molecular weight excluding hydrogens is 222 g/mol. The number of aryl methyl sites for hydroxylation is 2. The van der Waals surface area contributed by atoms with Crippen LogP contribution < -0.4 is 5.73 Å². The van der Waals surface area contributed by atoms with Crippen LogP contribution in [0.1, 0.15) is 34.3 Å². The minimum absolute atomic E-state index is 0.00444. The zero-order valence-corrected chi connectivity index (χ0v) is 10.9. The average Bonchev–Trinajstić information content (AvgIpc) is 2.93. The second-order valence-corrected chi connectivity index (χ2v) is 5.35. The molecule has 2 nitrogen and oxygen atoms in total. The number of fused-ring (bicyclic) bond motifs is 1. The van der Waals surface area contributed by atoms with Crippen LogP contribution in [0.3, 0.4) is 0 Å². The summed E-state index contributed by atoms with van der Waals surface area (Å²) < 4.78 is 5.76. The SMILES string of the molecule is Cc1cc(C(N)C2Cc3ccccc3C2)oc1C. The van der Waals surface area contributed by atoms with Crippen LogP contribution in [0.15, 0.2) is 34.7 Å². The molecule has 2 heteroatoms. The molecule has 0 bridgehead atoms. The van der Waals surface area contributed by atoms with Gasteiger partial charge in [0.2, 0.25) is 0 Å². The number of rotatable bonds is 2. The molecule has 2 N–H and O–H groups in total. The zero-order valence-electron chi connectivity index (χ0n) is 10.9. The molecule has 1 aliphatic rings. The summed E-state index contributed by atoms with van der Waals surface area (Å²) in [6.45, 7) is 4.06. The predicted octanol–water partition coefficient (Wildman–Crippen LogP) is 3.31. The molecule has 1 aliphatic carbocycles. The van der Waals surface area contributed by atoms with Gasteiger partial charge in [0.15, 0.2) is 0 Å². The molecule has 0 saturated carbocycles. The number of furan rings is 1. The predicted molar refractivity (Wildman–Crippen MR) is 72.5 cm³/mol. The maximum Gasteiger partial charge on any atom is 0.121 e. The number of nitrogens with two attached hydrogens (primary N) is 1. The van der Waals surface area contributed by atoms with Crippen molar-refractivity contribution in [2.45, 2.75) is 32.7 Å². The Morgan fingerprint density at radius 2 is 1.78 bits per heavy atom. The van der Waals surface area contributed by atoms with E-state index in [4.69, 9.17) is 10.2 Å². The van der Waals surface area contributed by atoms with Crippen molar-refractivity contribution in [2.75, 3.05) is 0 Å². The summed E-state index contributed by atoms with van der Waals surface area (Å²) in [7, 11) is 0. The van der Waals surface area contributed by atoms with E-state index in [1.165, 1.54) is 16.7 Å². The average molecular weight is 241 g/mol. The maximum absolute atomic E-state index is 6.37. The van der Waals surface area contributed by atoms with Gasteiger partial charge >= 0.3 is 0 Å². The molecule has 18 heavy (non-hydrogen) atoms. The Kier molecular flexibility index (Phi) is 2.75. The van der Waals surface area contributed by atoms with Crippen LogP contribution in [0, 0.1) is 19.8 Å². The molecule has 1 unspecified atom stereocenters. The third kappa shape index (κ3) is 1.87. The van der Waals surface area contributed by atoms with Gasteiger partial charge in [0.25, 0.3) is 0 Å². The third-order valence-corrected chi connectivity index (χ3v) is 4.10. The van der Waals surface area contributed by atoms with E-state index in [2.05, 4.69) is 37.3 Å². The smallest absolute Gasteiger partial charge is 0.121 e. The molecular formula is C16H19NO. The van der Waals surface area contributed by atoms with Crippen molar-refractivity contribution in [1.82, 2.24) is 0 Å². The molecule has 0 aliphatic heterocycles. The van der Waals surface area contributed by atoms with E-state index in [1.807, 2.05) is 6.92 Å². The monoisotopic (exact) mass is 241 g/mol. The molecule has 2 aromatic rings. The van der Waals surface area contributed by atoms with E-state index in [0.717, 1.165) is 24.4 Å². The number of hydrogen-bond acceptors (Lipinski definition) is 2. The Bertz CT molecular complexity index is 526. The summed E-state index contributed by atoms with van der Waals surface area (Å²) in [5, 5.41) is 0. The molecule has 1 heterocycles. The minimum Gasteiger partial charge on any atom is -0.464 e. The van der Waals surface area contributed by atoms with Crippen molar-refractivity contribution >= 4 is 0 Å². The van der Waals surface area contributed by atoms with Crippen molar-refractivity contribution in [3.05, 3.63) is 58.5 Å². The highest BCUT2D eigenvalue weighted by atomic mass is 16.3. The van der Waals surface area contributed by atoms with Crippen LogP contribution in [-0.2, 0) is 12.8 Å². The lowest BCUT2D eigenvalue weighted by atomic mass is 9.95. The molecule has 0 spiro atoms. The first kappa shape index (κ1) is 11.5. The Balaban J connectivity index is 1.82.